The Hall–Kier alpha value is -1.57. The van der Waals surface area contributed by atoms with Gasteiger partial charge in [-0.3, -0.25) is 4.79 Å². The third-order valence-electron chi connectivity index (χ3n) is 2.19. The van der Waals surface area contributed by atoms with Crippen LogP contribution in [0.25, 0.3) is 11.0 Å². The fourth-order valence-corrected chi connectivity index (χ4v) is 1.28. The van der Waals surface area contributed by atoms with Crippen LogP contribution in [0.3, 0.4) is 0 Å². The van der Waals surface area contributed by atoms with Crippen LogP contribution in [0.4, 0.5) is 0 Å². The van der Waals surface area contributed by atoms with Crippen LogP contribution in [0, 0.1) is 13.8 Å². The second-order valence-corrected chi connectivity index (χ2v) is 3.03. The number of para-hydroxylation sites is 1. The summed E-state index contributed by atoms with van der Waals surface area (Å²) in [7, 11) is 0. The van der Waals surface area contributed by atoms with Gasteiger partial charge >= 0.3 is 0 Å². The van der Waals surface area contributed by atoms with Crippen LogP contribution in [-0.4, -0.2) is 0 Å². The van der Waals surface area contributed by atoms with Crippen molar-refractivity contribution in [1.29, 1.82) is 0 Å². The maximum atomic E-state index is 11.8. The smallest absolute Gasteiger partial charge is 0.195 e. The zero-order valence-corrected chi connectivity index (χ0v) is 7.55. The Morgan fingerprint density at radius 3 is 2.92 bits per heavy atom. The van der Waals surface area contributed by atoms with E-state index < -0.39 is 0 Å². The van der Waals surface area contributed by atoms with Gasteiger partial charge in [-0.2, -0.15) is 0 Å². The van der Waals surface area contributed by atoms with Crippen LogP contribution in [0.15, 0.2) is 33.5 Å². The maximum absolute atomic E-state index is 11.8. The summed E-state index contributed by atoms with van der Waals surface area (Å²) < 4.78 is 13.0. The summed E-state index contributed by atoms with van der Waals surface area (Å²) in [5.74, 6) is 0.585. The van der Waals surface area contributed by atoms with E-state index in [2.05, 4.69) is 0 Å². The molecule has 0 saturated carbocycles. The molecule has 0 unspecified atom stereocenters. The molecule has 13 heavy (non-hydrogen) atoms. The van der Waals surface area contributed by atoms with Crippen molar-refractivity contribution in [2.75, 3.05) is 0 Å². The largest absolute Gasteiger partial charge is 0.461 e. The van der Waals surface area contributed by atoms with Crippen molar-refractivity contribution in [2.24, 2.45) is 0 Å². The van der Waals surface area contributed by atoms with Gasteiger partial charge in [-0.15, -0.1) is 0 Å². The summed E-state index contributed by atoms with van der Waals surface area (Å²) in [6.45, 7) is 3.47. The number of rotatable bonds is 0. The van der Waals surface area contributed by atoms with Crippen molar-refractivity contribution >= 4 is 11.0 Å². The van der Waals surface area contributed by atoms with Crippen molar-refractivity contribution in [2.45, 2.75) is 13.8 Å². The molecule has 66 valence electrons. The molecule has 2 aromatic rings. The van der Waals surface area contributed by atoms with E-state index in [1.165, 1.54) is 0 Å². The third-order valence-corrected chi connectivity index (χ3v) is 2.19. The Morgan fingerprint density at radius 2 is 2.15 bits per heavy atom. The Balaban J connectivity index is 3.06. The van der Waals surface area contributed by atoms with Gasteiger partial charge in [0.15, 0.2) is 5.43 Å². The van der Waals surface area contributed by atoms with Gasteiger partial charge in [-0.1, -0.05) is 12.1 Å². The van der Waals surface area contributed by atoms with Crippen molar-refractivity contribution in [1.82, 2.24) is 0 Å². The molecular formula is C11H10O2. The predicted octanol–water partition coefficient (Wildman–Crippen LogP) is 2.41. The van der Waals surface area contributed by atoms with E-state index in [9.17, 15) is 4.79 Å². The minimum absolute atomic E-state index is 0.0437. The van der Waals surface area contributed by atoms with Gasteiger partial charge in [-0.05, 0) is 26.0 Å². The molecule has 0 aliphatic heterocycles. The molecule has 0 saturated heterocycles. The zero-order valence-electron chi connectivity index (χ0n) is 8.55. The summed E-state index contributed by atoms with van der Waals surface area (Å²) in [6.07, 6.45) is 0. The summed E-state index contributed by atoms with van der Waals surface area (Å²) in [4.78, 5) is 11.8. The molecule has 1 aromatic carbocycles. The first kappa shape index (κ1) is 6.89. The molecule has 0 fully saturated rings. The molecule has 2 heteroatoms. The molecule has 2 nitrogen and oxygen atoms in total. The first-order chi connectivity index (χ1) is 6.61. The van der Waals surface area contributed by atoms with E-state index in [0.717, 1.165) is 0 Å². The molecule has 0 spiro atoms. The van der Waals surface area contributed by atoms with Gasteiger partial charge in [0.2, 0.25) is 0 Å². The highest BCUT2D eigenvalue weighted by atomic mass is 16.3. The number of hydrogen-bond acceptors (Lipinski definition) is 2. The quantitative estimate of drug-likeness (QED) is 0.615. The van der Waals surface area contributed by atoms with Crippen LogP contribution in [0.1, 0.15) is 12.7 Å². The lowest BCUT2D eigenvalue weighted by molar-refractivity contribution is 0.559. The first-order valence-electron chi connectivity index (χ1n) is 4.61. The van der Waals surface area contributed by atoms with E-state index in [4.69, 9.17) is 5.79 Å². The van der Waals surface area contributed by atoms with E-state index in [0.29, 0.717) is 22.3 Å². The number of hydrogen-bond donors (Lipinski definition) is 0. The molecule has 1 heterocycles. The Morgan fingerprint density at radius 1 is 1.38 bits per heavy atom. The zero-order chi connectivity index (χ0) is 10.3. The van der Waals surface area contributed by atoms with E-state index in [1.807, 2.05) is 0 Å². The topological polar surface area (TPSA) is 30.2 Å². The van der Waals surface area contributed by atoms with Gasteiger partial charge < -0.3 is 4.42 Å². The summed E-state index contributed by atoms with van der Waals surface area (Å²) in [5, 5.41) is 0.487. The second-order valence-electron chi connectivity index (χ2n) is 3.03. The van der Waals surface area contributed by atoms with Crippen LogP contribution >= 0.6 is 0 Å². The average molecular weight is 175 g/mol. The summed E-state index contributed by atoms with van der Waals surface area (Å²) in [5.41, 5.74) is 0.946. The van der Waals surface area contributed by atoms with Gasteiger partial charge in [0, 0.05) is 5.56 Å². The molecule has 0 N–H and O–H groups in total. The summed E-state index contributed by atoms with van der Waals surface area (Å²) in [6, 6.07) is 5.24. The van der Waals surface area contributed by atoms with E-state index >= 15 is 0 Å². The highest BCUT2D eigenvalue weighted by Gasteiger charge is 2.05. The molecule has 1 aromatic heterocycles. The summed E-state index contributed by atoms with van der Waals surface area (Å²) >= 11 is 0. The Kier molecular flexibility index (Phi) is 1.45. The maximum Gasteiger partial charge on any atom is 0.195 e. The highest BCUT2D eigenvalue weighted by Crippen LogP contribution is 2.13. The number of aryl methyl sites for hydroxylation is 1. The number of benzene rings is 1. The molecule has 0 radical (unpaired) electrons. The van der Waals surface area contributed by atoms with Crippen molar-refractivity contribution in [3.8, 4) is 0 Å². The molecule has 0 aliphatic carbocycles. The highest BCUT2D eigenvalue weighted by molar-refractivity contribution is 5.76. The van der Waals surface area contributed by atoms with Crippen LogP contribution in [0.2, 0.25) is 0 Å². The molecule has 0 amide bonds. The van der Waals surface area contributed by atoms with Crippen molar-refractivity contribution in [3.05, 3.63) is 45.8 Å². The molecular weight excluding hydrogens is 164 g/mol. The first-order valence-corrected chi connectivity index (χ1v) is 4.11. The molecule has 0 bridgehead atoms. The molecule has 2 rings (SSSR count). The van der Waals surface area contributed by atoms with Gasteiger partial charge in [0.1, 0.15) is 11.3 Å². The minimum Gasteiger partial charge on any atom is -0.461 e. The van der Waals surface area contributed by atoms with E-state index in [1.54, 1.807) is 32.0 Å². The van der Waals surface area contributed by atoms with Gasteiger partial charge in [0.25, 0.3) is 0 Å². The van der Waals surface area contributed by atoms with Crippen LogP contribution in [-0.2, 0) is 0 Å². The lowest BCUT2D eigenvalue weighted by atomic mass is 10.1. The molecule has 0 aliphatic rings. The fourth-order valence-electron chi connectivity index (χ4n) is 1.28. The predicted molar refractivity (Wildman–Crippen MR) is 52.0 cm³/mol. The average Bonchev–Trinajstić information content (AvgIpc) is 2.17. The lowest BCUT2D eigenvalue weighted by Gasteiger charge is -2.00. The Bertz CT molecular complexity index is 555. The van der Waals surface area contributed by atoms with Crippen molar-refractivity contribution in [3.63, 3.8) is 0 Å². The van der Waals surface area contributed by atoms with Crippen LogP contribution < -0.4 is 5.43 Å². The van der Waals surface area contributed by atoms with Gasteiger partial charge in [0.05, 0.1) is 6.76 Å². The lowest BCUT2D eigenvalue weighted by Crippen LogP contribution is -2.06. The van der Waals surface area contributed by atoms with Gasteiger partial charge in [-0.25, -0.2) is 0 Å². The normalized spacial score (nSPS) is 11.7. The van der Waals surface area contributed by atoms with Crippen molar-refractivity contribution < 1.29 is 5.79 Å². The molecule has 0 atom stereocenters. The van der Waals surface area contributed by atoms with Crippen LogP contribution in [0.5, 0.6) is 0 Å². The monoisotopic (exact) mass is 175 g/mol. The Labute approximate surface area is 77.2 Å². The second kappa shape index (κ2) is 2.73. The number of fused-ring (bicyclic) bond motifs is 1. The SMILES string of the molecule is [2H]c1cccc2c(=O)c(C)c(C)oc12. The standard InChI is InChI=1S/C11H10O2/c1-7-8(2)13-10-6-4-3-5-9(10)11(7)12/h3-6H,1-2H3/i6D. The third kappa shape index (κ3) is 1.15. The fraction of sp³-hybridized carbons (Fsp3) is 0.182. The van der Waals surface area contributed by atoms with E-state index in [-0.39, 0.29) is 11.5 Å². The minimum atomic E-state index is -0.0437.